The molecule has 1 heterocycles. The van der Waals surface area contributed by atoms with Crippen LogP contribution in [0.5, 0.6) is 0 Å². The molecule has 0 N–H and O–H groups in total. The van der Waals surface area contributed by atoms with Gasteiger partial charge in [-0.1, -0.05) is 29.3 Å². The van der Waals surface area contributed by atoms with Crippen LogP contribution in [-0.2, 0) is 4.74 Å². The minimum atomic E-state index is -0.448. The highest BCUT2D eigenvalue weighted by Gasteiger charge is 2.13. The van der Waals surface area contributed by atoms with Crippen LogP contribution in [0.15, 0.2) is 24.4 Å². The SMILES string of the molecule is COC(=O)c1cnc(Cl)c2cc(Cl)ccc12. The van der Waals surface area contributed by atoms with Gasteiger partial charge in [0.1, 0.15) is 5.15 Å². The van der Waals surface area contributed by atoms with Crippen molar-refractivity contribution in [1.29, 1.82) is 0 Å². The van der Waals surface area contributed by atoms with Crippen molar-refractivity contribution in [2.24, 2.45) is 0 Å². The van der Waals surface area contributed by atoms with Gasteiger partial charge >= 0.3 is 5.97 Å². The maximum atomic E-state index is 11.5. The van der Waals surface area contributed by atoms with E-state index in [1.807, 2.05) is 0 Å². The molecular weight excluding hydrogens is 249 g/mol. The number of rotatable bonds is 1. The second-order valence-corrected chi connectivity index (χ2v) is 3.94. The Morgan fingerprint density at radius 3 is 2.75 bits per heavy atom. The number of fused-ring (bicyclic) bond motifs is 1. The smallest absolute Gasteiger partial charge is 0.340 e. The minimum Gasteiger partial charge on any atom is -0.465 e. The molecule has 3 nitrogen and oxygen atoms in total. The third-order valence-corrected chi connectivity index (χ3v) is 2.74. The highest BCUT2D eigenvalue weighted by atomic mass is 35.5. The summed E-state index contributed by atoms with van der Waals surface area (Å²) in [6.07, 6.45) is 1.39. The van der Waals surface area contributed by atoms with Crippen molar-refractivity contribution in [3.05, 3.63) is 40.1 Å². The van der Waals surface area contributed by atoms with Crippen molar-refractivity contribution in [3.63, 3.8) is 0 Å². The lowest BCUT2D eigenvalue weighted by molar-refractivity contribution is 0.0602. The van der Waals surface area contributed by atoms with Crippen molar-refractivity contribution in [2.45, 2.75) is 0 Å². The maximum Gasteiger partial charge on any atom is 0.340 e. The molecule has 0 atom stereocenters. The van der Waals surface area contributed by atoms with E-state index in [1.165, 1.54) is 13.3 Å². The van der Waals surface area contributed by atoms with Gasteiger partial charge in [-0.2, -0.15) is 0 Å². The van der Waals surface area contributed by atoms with Crippen LogP contribution in [0.2, 0.25) is 10.2 Å². The molecule has 0 unspecified atom stereocenters. The van der Waals surface area contributed by atoms with Crippen LogP contribution in [0.25, 0.3) is 10.8 Å². The Labute approximate surface area is 102 Å². The molecule has 16 heavy (non-hydrogen) atoms. The number of carbonyl (C=O) groups is 1. The Morgan fingerprint density at radius 2 is 2.06 bits per heavy atom. The summed E-state index contributed by atoms with van der Waals surface area (Å²) in [7, 11) is 1.32. The first kappa shape index (κ1) is 11.2. The normalized spacial score (nSPS) is 10.4. The van der Waals surface area contributed by atoms with Gasteiger partial charge in [-0.05, 0) is 12.1 Å². The van der Waals surface area contributed by atoms with E-state index in [9.17, 15) is 4.79 Å². The van der Waals surface area contributed by atoms with Crippen molar-refractivity contribution in [3.8, 4) is 0 Å². The van der Waals surface area contributed by atoms with Gasteiger partial charge in [0.05, 0.1) is 12.7 Å². The molecular formula is C11H7Cl2NO2. The van der Waals surface area contributed by atoms with Gasteiger partial charge in [-0.3, -0.25) is 0 Å². The van der Waals surface area contributed by atoms with Crippen molar-refractivity contribution in [1.82, 2.24) is 4.98 Å². The first-order chi connectivity index (χ1) is 7.63. The quantitative estimate of drug-likeness (QED) is 0.580. The molecule has 2 aromatic rings. The highest BCUT2D eigenvalue weighted by molar-refractivity contribution is 6.36. The molecule has 0 saturated heterocycles. The Morgan fingerprint density at radius 1 is 1.31 bits per heavy atom. The predicted octanol–water partition coefficient (Wildman–Crippen LogP) is 3.33. The van der Waals surface area contributed by atoms with Crippen LogP contribution in [0, 0.1) is 0 Å². The first-order valence-electron chi connectivity index (χ1n) is 4.45. The van der Waals surface area contributed by atoms with Crippen LogP contribution in [0.4, 0.5) is 0 Å². The number of pyridine rings is 1. The van der Waals surface area contributed by atoms with Crippen LogP contribution in [0.1, 0.15) is 10.4 Å². The summed E-state index contributed by atoms with van der Waals surface area (Å²) in [4.78, 5) is 15.4. The zero-order chi connectivity index (χ0) is 11.7. The highest BCUT2D eigenvalue weighted by Crippen LogP contribution is 2.27. The molecule has 5 heteroatoms. The van der Waals surface area contributed by atoms with Crippen molar-refractivity contribution < 1.29 is 9.53 Å². The maximum absolute atomic E-state index is 11.5. The number of ether oxygens (including phenoxy) is 1. The number of carbonyl (C=O) groups excluding carboxylic acids is 1. The van der Waals surface area contributed by atoms with E-state index in [2.05, 4.69) is 9.72 Å². The second-order valence-electron chi connectivity index (χ2n) is 3.14. The summed E-state index contributed by atoms with van der Waals surface area (Å²) in [5, 5.41) is 2.16. The fourth-order valence-electron chi connectivity index (χ4n) is 1.45. The average Bonchev–Trinajstić information content (AvgIpc) is 2.29. The molecule has 0 radical (unpaired) electrons. The third kappa shape index (κ3) is 1.84. The van der Waals surface area contributed by atoms with Gasteiger partial charge in [0, 0.05) is 22.0 Å². The number of esters is 1. The van der Waals surface area contributed by atoms with E-state index in [0.717, 1.165) is 0 Å². The Hall–Kier alpha value is -1.32. The molecule has 2 rings (SSSR count). The minimum absolute atomic E-state index is 0.310. The Bertz CT molecular complexity index is 569. The van der Waals surface area contributed by atoms with Gasteiger partial charge in [-0.15, -0.1) is 0 Å². The lowest BCUT2D eigenvalue weighted by Gasteiger charge is -2.05. The molecule has 0 spiro atoms. The van der Waals surface area contributed by atoms with Crippen LogP contribution in [-0.4, -0.2) is 18.1 Å². The van der Waals surface area contributed by atoms with Crippen LogP contribution in [0.3, 0.4) is 0 Å². The van der Waals surface area contributed by atoms with Gasteiger partial charge in [0.15, 0.2) is 0 Å². The fourth-order valence-corrected chi connectivity index (χ4v) is 1.83. The van der Waals surface area contributed by atoms with Crippen LogP contribution < -0.4 is 0 Å². The van der Waals surface area contributed by atoms with Gasteiger partial charge in [0.25, 0.3) is 0 Å². The monoisotopic (exact) mass is 255 g/mol. The van der Waals surface area contributed by atoms with Crippen molar-refractivity contribution in [2.75, 3.05) is 7.11 Å². The number of hydrogen-bond donors (Lipinski definition) is 0. The largest absolute Gasteiger partial charge is 0.465 e. The van der Waals surface area contributed by atoms with Crippen molar-refractivity contribution >= 4 is 39.9 Å². The standard InChI is InChI=1S/C11H7Cl2NO2/c1-16-11(15)9-5-14-10(13)8-4-6(12)2-3-7(8)9/h2-5H,1H3. The number of aromatic nitrogens is 1. The molecule has 1 aromatic heterocycles. The third-order valence-electron chi connectivity index (χ3n) is 2.21. The number of nitrogens with zero attached hydrogens (tertiary/aromatic N) is 1. The average molecular weight is 256 g/mol. The number of methoxy groups -OCH3 is 1. The Kier molecular flexibility index (Phi) is 2.99. The number of benzene rings is 1. The molecule has 0 amide bonds. The summed E-state index contributed by atoms with van der Waals surface area (Å²) >= 11 is 11.8. The number of halogens is 2. The topological polar surface area (TPSA) is 39.2 Å². The van der Waals surface area contributed by atoms with E-state index >= 15 is 0 Å². The molecule has 0 aliphatic rings. The molecule has 0 fully saturated rings. The lowest BCUT2D eigenvalue weighted by Crippen LogP contribution is -2.03. The first-order valence-corrected chi connectivity index (χ1v) is 5.21. The van der Waals surface area contributed by atoms with E-state index in [4.69, 9.17) is 23.2 Å². The lowest BCUT2D eigenvalue weighted by atomic mass is 10.1. The fraction of sp³-hybridized carbons (Fsp3) is 0.0909. The van der Waals surface area contributed by atoms with E-state index in [-0.39, 0.29) is 0 Å². The zero-order valence-electron chi connectivity index (χ0n) is 8.33. The van der Waals surface area contributed by atoms with Gasteiger partial charge in [-0.25, -0.2) is 9.78 Å². The predicted molar refractivity (Wildman–Crippen MR) is 63.1 cm³/mol. The summed E-state index contributed by atoms with van der Waals surface area (Å²) in [5.41, 5.74) is 0.374. The summed E-state index contributed by atoms with van der Waals surface area (Å²) < 4.78 is 4.66. The van der Waals surface area contributed by atoms with Gasteiger partial charge in [0.2, 0.25) is 0 Å². The van der Waals surface area contributed by atoms with E-state index in [0.29, 0.717) is 26.5 Å². The molecule has 0 aliphatic heterocycles. The van der Waals surface area contributed by atoms with E-state index < -0.39 is 5.97 Å². The number of hydrogen-bond acceptors (Lipinski definition) is 3. The summed E-state index contributed by atoms with van der Waals surface area (Å²) in [5.74, 6) is -0.448. The molecule has 0 aliphatic carbocycles. The summed E-state index contributed by atoms with van der Waals surface area (Å²) in [6, 6.07) is 5.07. The molecule has 0 saturated carbocycles. The second kappa shape index (κ2) is 4.28. The summed E-state index contributed by atoms with van der Waals surface area (Å²) in [6.45, 7) is 0. The Balaban J connectivity index is 2.79. The molecule has 82 valence electrons. The van der Waals surface area contributed by atoms with E-state index in [1.54, 1.807) is 18.2 Å². The van der Waals surface area contributed by atoms with Gasteiger partial charge < -0.3 is 4.74 Å². The molecule has 1 aromatic carbocycles. The van der Waals surface area contributed by atoms with Crippen LogP contribution >= 0.6 is 23.2 Å². The zero-order valence-corrected chi connectivity index (χ0v) is 9.84. The molecule has 0 bridgehead atoms.